The second kappa shape index (κ2) is 5.32. The number of nitrogens with zero attached hydrogens (tertiary/aromatic N) is 1. The van der Waals surface area contributed by atoms with Gasteiger partial charge in [0.25, 0.3) is 5.91 Å². The predicted octanol–water partition coefficient (Wildman–Crippen LogP) is 1.06. The van der Waals surface area contributed by atoms with Crippen molar-refractivity contribution in [3.05, 3.63) is 24.3 Å². The Balaban J connectivity index is 1.58. The molecule has 2 aliphatic rings. The average Bonchev–Trinajstić information content (AvgIpc) is 2.44. The molecule has 108 valence electrons. The van der Waals surface area contributed by atoms with E-state index in [4.69, 9.17) is 9.47 Å². The Kier molecular flexibility index (Phi) is 3.53. The summed E-state index contributed by atoms with van der Waals surface area (Å²) in [5, 5.41) is 9.28. The summed E-state index contributed by atoms with van der Waals surface area (Å²) in [6, 6.07) is 7.36. The first-order chi connectivity index (χ1) is 9.63. The Morgan fingerprint density at radius 3 is 2.75 bits per heavy atom. The topological polar surface area (TPSA) is 59.0 Å². The summed E-state index contributed by atoms with van der Waals surface area (Å²) in [6.07, 6.45) is 0.787. The number of aliphatic hydroxyl groups is 1. The van der Waals surface area contributed by atoms with Gasteiger partial charge in [-0.3, -0.25) is 4.79 Å². The number of hydrogen-bond acceptors (Lipinski definition) is 4. The molecule has 0 saturated heterocycles. The Hall–Kier alpha value is -1.75. The minimum absolute atomic E-state index is 0.0686. The van der Waals surface area contributed by atoms with E-state index in [0.717, 1.165) is 12.8 Å². The van der Waals surface area contributed by atoms with Crippen LogP contribution in [0.1, 0.15) is 12.8 Å². The summed E-state index contributed by atoms with van der Waals surface area (Å²) in [7, 11) is 1.77. The van der Waals surface area contributed by atoms with Gasteiger partial charge in [-0.1, -0.05) is 12.1 Å². The van der Waals surface area contributed by atoms with Crippen molar-refractivity contribution in [1.29, 1.82) is 0 Å². The molecule has 1 N–H and O–H groups in total. The molecule has 20 heavy (non-hydrogen) atoms. The lowest BCUT2D eigenvalue weighted by atomic mass is 9.82. The van der Waals surface area contributed by atoms with Crippen molar-refractivity contribution in [2.45, 2.75) is 25.0 Å². The van der Waals surface area contributed by atoms with E-state index in [1.54, 1.807) is 18.0 Å². The molecule has 0 spiro atoms. The molecule has 5 heteroatoms. The number of para-hydroxylation sites is 2. The fourth-order valence-corrected chi connectivity index (χ4v) is 2.71. The highest BCUT2D eigenvalue weighted by Crippen LogP contribution is 2.32. The number of benzene rings is 1. The van der Waals surface area contributed by atoms with Crippen LogP contribution in [0.3, 0.4) is 0 Å². The number of aliphatic hydroxyl groups excluding tert-OH is 1. The van der Waals surface area contributed by atoms with E-state index in [9.17, 15) is 9.90 Å². The van der Waals surface area contributed by atoms with Gasteiger partial charge in [0.05, 0.1) is 6.10 Å². The summed E-state index contributed by atoms with van der Waals surface area (Å²) < 4.78 is 11.3. The molecule has 1 aromatic carbocycles. The lowest BCUT2D eigenvalue weighted by molar-refractivity contribution is -0.141. The molecule has 0 aromatic heterocycles. The number of carbonyl (C=O) groups excluding carboxylic acids is 1. The maximum absolute atomic E-state index is 12.3. The molecule has 1 unspecified atom stereocenters. The zero-order chi connectivity index (χ0) is 14.1. The average molecular weight is 277 g/mol. The van der Waals surface area contributed by atoms with E-state index >= 15 is 0 Å². The fourth-order valence-electron chi connectivity index (χ4n) is 2.71. The van der Waals surface area contributed by atoms with Crippen molar-refractivity contribution >= 4 is 5.91 Å². The largest absolute Gasteiger partial charge is 0.485 e. The molecule has 0 bridgehead atoms. The van der Waals surface area contributed by atoms with E-state index in [1.165, 1.54) is 0 Å². The molecule has 1 amide bonds. The minimum atomic E-state index is -0.583. The maximum atomic E-state index is 12.3. The fraction of sp³-hybridized carbons (Fsp3) is 0.533. The second-order valence-corrected chi connectivity index (χ2v) is 5.57. The van der Waals surface area contributed by atoms with Crippen LogP contribution in [-0.4, -0.2) is 48.3 Å². The number of amides is 1. The van der Waals surface area contributed by atoms with Crippen molar-refractivity contribution in [2.75, 3.05) is 20.2 Å². The highest BCUT2D eigenvalue weighted by molar-refractivity contribution is 5.81. The molecule has 0 radical (unpaired) electrons. The highest BCUT2D eigenvalue weighted by atomic mass is 16.6. The van der Waals surface area contributed by atoms with Crippen LogP contribution in [0.4, 0.5) is 0 Å². The molecule has 1 heterocycles. The van der Waals surface area contributed by atoms with Crippen molar-refractivity contribution < 1.29 is 19.4 Å². The summed E-state index contributed by atoms with van der Waals surface area (Å²) >= 11 is 0. The number of carbonyl (C=O) groups is 1. The van der Waals surface area contributed by atoms with Gasteiger partial charge >= 0.3 is 0 Å². The van der Waals surface area contributed by atoms with Gasteiger partial charge in [-0.25, -0.2) is 0 Å². The van der Waals surface area contributed by atoms with E-state index in [-0.39, 0.29) is 18.6 Å². The maximum Gasteiger partial charge on any atom is 0.267 e. The highest BCUT2D eigenvalue weighted by Gasteiger charge is 2.33. The first-order valence-corrected chi connectivity index (χ1v) is 6.95. The van der Waals surface area contributed by atoms with Gasteiger partial charge in [0, 0.05) is 13.6 Å². The van der Waals surface area contributed by atoms with Crippen LogP contribution in [0.5, 0.6) is 11.5 Å². The third-order valence-electron chi connectivity index (χ3n) is 3.90. The second-order valence-electron chi connectivity index (χ2n) is 5.57. The van der Waals surface area contributed by atoms with Crippen LogP contribution in [0.25, 0.3) is 0 Å². The molecular formula is C15H19NO4. The van der Waals surface area contributed by atoms with Gasteiger partial charge < -0.3 is 19.5 Å². The van der Waals surface area contributed by atoms with Gasteiger partial charge in [-0.15, -0.1) is 0 Å². The minimum Gasteiger partial charge on any atom is -0.485 e. The Morgan fingerprint density at radius 2 is 2.05 bits per heavy atom. The van der Waals surface area contributed by atoms with Gasteiger partial charge in [0.2, 0.25) is 6.10 Å². The van der Waals surface area contributed by atoms with Crippen LogP contribution < -0.4 is 9.47 Å². The van der Waals surface area contributed by atoms with E-state index in [2.05, 4.69) is 0 Å². The molecule has 1 saturated carbocycles. The van der Waals surface area contributed by atoms with Crippen molar-refractivity contribution in [3.8, 4) is 11.5 Å². The van der Waals surface area contributed by atoms with Crippen molar-refractivity contribution in [2.24, 2.45) is 5.92 Å². The predicted molar refractivity (Wildman–Crippen MR) is 72.7 cm³/mol. The van der Waals surface area contributed by atoms with Gasteiger partial charge in [0.1, 0.15) is 6.61 Å². The molecule has 1 aliphatic heterocycles. The normalized spacial score (nSPS) is 27.6. The molecule has 1 fully saturated rings. The third kappa shape index (κ3) is 2.58. The van der Waals surface area contributed by atoms with Crippen LogP contribution >= 0.6 is 0 Å². The van der Waals surface area contributed by atoms with Crippen molar-refractivity contribution in [1.82, 2.24) is 4.90 Å². The number of fused-ring (bicyclic) bond motifs is 1. The lowest BCUT2D eigenvalue weighted by Crippen LogP contribution is -2.48. The van der Waals surface area contributed by atoms with Crippen LogP contribution in [-0.2, 0) is 4.79 Å². The monoisotopic (exact) mass is 277 g/mol. The lowest BCUT2D eigenvalue weighted by Gasteiger charge is -2.36. The standard InChI is InChI=1S/C15H19NO4/c1-16(8-10-6-11(17)7-10)15(18)14-9-19-12-4-2-3-5-13(12)20-14/h2-5,10-11,14,17H,6-9H2,1H3. The van der Waals surface area contributed by atoms with E-state index in [1.807, 2.05) is 18.2 Å². The molecule has 1 aliphatic carbocycles. The summed E-state index contributed by atoms with van der Waals surface area (Å²) in [5.41, 5.74) is 0. The van der Waals surface area contributed by atoms with Gasteiger partial charge in [0.15, 0.2) is 11.5 Å². The van der Waals surface area contributed by atoms with Gasteiger partial charge in [-0.2, -0.15) is 0 Å². The molecule has 5 nitrogen and oxygen atoms in total. The molecule has 1 atom stereocenters. The van der Waals surface area contributed by atoms with Crippen molar-refractivity contribution in [3.63, 3.8) is 0 Å². The Bertz CT molecular complexity index is 498. The third-order valence-corrected chi connectivity index (χ3v) is 3.90. The van der Waals surface area contributed by atoms with Crippen LogP contribution in [0.15, 0.2) is 24.3 Å². The SMILES string of the molecule is CN(CC1CC(O)C1)C(=O)C1COc2ccccc2O1. The summed E-state index contributed by atoms with van der Waals surface area (Å²) in [5.74, 6) is 1.63. The first kappa shape index (κ1) is 13.2. The van der Waals surface area contributed by atoms with E-state index < -0.39 is 6.10 Å². The van der Waals surface area contributed by atoms with E-state index in [0.29, 0.717) is 24.0 Å². The molecule has 1 aromatic rings. The summed E-state index contributed by atoms with van der Waals surface area (Å²) in [4.78, 5) is 14.0. The quantitative estimate of drug-likeness (QED) is 0.897. The number of likely N-dealkylation sites (N-methyl/N-ethyl adjacent to an activating group) is 1. The molecular weight excluding hydrogens is 258 g/mol. The Labute approximate surface area is 118 Å². The van der Waals surface area contributed by atoms with Crippen LogP contribution in [0.2, 0.25) is 0 Å². The zero-order valence-electron chi connectivity index (χ0n) is 11.5. The molecule has 3 rings (SSSR count). The number of ether oxygens (including phenoxy) is 2. The van der Waals surface area contributed by atoms with Gasteiger partial charge in [-0.05, 0) is 30.9 Å². The smallest absolute Gasteiger partial charge is 0.267 e. The zero-order valence-corrected chi connectivity index (χ0v) is 11.5. The Morgan fingerprint density at radius 1 is 1.35 bits per heavy atom. The van der Waals surface area contributed by atoms with Crippen LogP contribution in [0, 0.1) is 5.92 Å². The number of hydrogen-bond donors (Lipinski definition) is 1. The number of rotatable bonds is 3. The first-order valence-electron chi connectivity index (χ1n) is 6.95. The summed E-state index contributed by atoms with van der Waals surface area (Å²) in [6.45, 7) is 0.908.